The van der Waals surface area contributed by atoms with Gasteiger partial charge in [-0.1, -0.05) is 117 Å². The van der Waals surface area contributed by atoms with E-state index in [1.807, 2.05) is 0 Å². The van der Waals surface area contributed by atoms with Crippen molar-refractivity contribution in [2.45, 2.75) is 44.9 Å². The van der Waals surface area contributed by atoms with Gasteiger partial charge in [-0.15, -0.1) is 0 Å². The van der Waals surface area contributed by atoms with Gasteiger partial charge in [0, 0.05) is 22.4 Å². The van der Waals surface area contributed by atoms with Crippen LogP contribution in [0.2, 0.25) is 0 Å². The third-order valence-electron chi connectivity index (χ3n) is 9.86. The fourth-order valence-electron chi connectivity index (χ4n) is 7.70. The summed E-state index contributed by atoms with van der Waals surface area (Å²) in [4.78, 5) is 2.48. The van der Waals surface area contributed by atoms with Gasteiger partial charge in [0.15, 0.2) is 0 Å². The molecule has 6 aromatic carbocycles. The van der Waals surface area contributed by atoms with Crippen LogP contribution in [-0.2, 0) is 18.3 Å². The van der Waals surface area contributed by atoms with E-state index in [0.29, 0.717) is 0 Å². The minimum atomic E-state index is -0.101. The highest BCUT2D eigenvalue weighted by atomic mass is 15.1. The molecule has 1 nitrogen and oxygen atoms in total. The van der Waals surface area contributed by atoms with Gasteiger partial charge in [0.05, 0.1) is 5.69 Å². The van der Waals surface area contributed by atoms with E-state index in [0.717, 1.165) is 12.8 Å². The molecule has 0 N–H and O–H groups in total. The summed E-state index contributed by atoms with van der Waals surface area (Å²) in [7, 11) is 0. The molecule has 0 radical (unpaired) electrons. The highest BCUT2D eigenvalue weighted by Gasteiger charge is 2.37. The molecule has 8 rings (SSSR count). The van der Waals surface area contributed by atoms with Gasteiger partial charge in [0.25, 0.3) is 0 Å². The Morgan fingerprint density at radius 2 is 1.11 bits per heavy atom. The van der Waals surface area contributed by atoms with Gasteiger partial charge in [-0.2, -0.15) is 0 Å². The predicted molar refractivity (Wildman–Crippen MR) is 186 cm³/mol. The van der Waals surface area contributed by atoms with Gasteiger partial charge in [-0.3, -0.25) is 0 Å². The maximum Gasteiger partial charge on any atom is 0.0543 e. The fraction of sp³-hybridized carbons (Fsp3) is 0.163. The van der Waals surface area contributed by atoms with Crippen LogP contribution in [0.4, 0.5) is 17.1 Å². The summed E-state index contributed by atoms with van der Waals surface area (Å²) in [6, 6.07) is 51.6. The molecule has 0 saturated carbocycles. The Morgan fingerprint density at radius 3 is 1.82 bits per heavy atom. The Labute approximate surface area is 261 Å². The summed E-state index contributed by atoms with van der Waals surface area (Å²) in [6.07, 6.45) is 4.75. The van der Waals surface area contributed by atoms with Crippen LogP contribution in [0.25, 0.3) is 33.4 Å². The lowest BCUT2D eigenvalue weighted by Gasteiger charge is -2.32. The van der Waals surface area contributed by atoms with Gasteiger partial charge in [0.2, 0.25) is 0 Å². The summed E-state index contributed by atoms with van der Waals surface area (Å²) < 4.78 is 0. The van der Waals surface area contributed by atoms with Gasteiger partial charge in [0.1, 0.15) is 0 Å². The van der Waals surface area contributed by atoms with Crippen molar-refractivity contribution >= 4 is 17.1 Å². The number of aryl methyl sites for hydroxylation is 1. The lowest BCUT2D eigenvalue weighted by molar-refractivity contribution is 0.660. The second-order valence-electron chi connectivity index (χ2n) is 12.8. The second-order valence-corrected chi connectivity index (χ2v) is 12.8. The predicted octanol–water partition coefficient (Wildman–Crippen LogP) is 11.7. The maximum absolute atomic E-state index is 2.54. The van der Waals surface area contributed by atoms with Crippen LogP contribution in [0.3, 0.4) is 0 Å². The van der Waals surface area contributed by atoms with Crippen molar-refractivity contribution in [3.63, 3.8) is 0 Å². The molecule has 2 aliphatic rings. The molecule has 0 saturated heterocycles. The number of hydrogen-bond acceptors (Lipinski definition) is 1. The molecular weight excluding hydrogens is 530 g/mol. The van der Waals surface area contributed by atoms with Crippen molar-refractivity contribution in [1.82, 2.24) is 0 Å². The van der Waals surface area contributed by atoms with Crippen molar-refractivity contribution in [1.29, 1.82) is 0 Å². The van der Waals surface area contributed by atoms with E-state index >= 15 is 0 Å². The minimum Gasteiger partial charge on any atom is -0.310 e. The van der Waals surface area contributed by atoms with E-state index in [1.165, 1.54) is 85.5 Å². The average Bonchev–Trinajstić information content (AvgIpc) is 3.31. The molecule has 44 heavy (non-hydrogen) atoms. The molecule has 0 fully saturated rings. The molecule has 0 aromatic heterocycles. The Morgan fingerprint density at radius 1 is 0.500 bits per heavy atom. The quantitative estimate of drug-likeness (QED) is 0.200. The molecule has 0 bridgehead atoms. The van der Waals surface area contributed by atoms with Gasteiger partial charge < -0.3 is 4.90 Å². The van der Waals surface area contributed by atoms with E-state index in [1.54, 1.807) is 0 Å². The molecule has 1 heteroatoms. The van der Waals surface area contributed by atoms with Crippen molar-refractivity contribution in [2.24, 2.45) is 0 Å². The van der Waals surface area contributed by atoms with Crippen LogP contribution in [0.5, 0.6) is 0 Å². The first kappa shape index (κ1) is 26.7. The lowest BCUT2D eigenvalue weighted by atomic mass is 9.79. The minimum absolute atomic E-state index is 0.101. The molecule has 0 amide bonds. The Hall–Kier alpha value is -4.88. The lowest BCUT2D eigenvalue weighted by Crippen LogP contribution is -2.17. The average molecular weight is 568 g/mol. The van der Waals surface area contributed by atoms with E-state index in [4.69, 9.17) is 0 Å². The summed E-state index contributed by atoms with van der Waals surface area (Å²) >= 11 is 0. The monoisotopic (exact) mass is 567 g/mol. The van der Waals surface area contributed by atoms with Crippen molar-refractivity contribution in [3.05, 3.63) is 162 Å². The SMILES string of the molecule is CC1(C)c2ccccc2-c2cc(-c3c(-c4ccccc4)ccc4c3CCCC4)c(N(c3ccccc3)c3ccccc3)cc21. The van der Waals surface area contributed by atoms with Crippen LogP contribution in [-0.4, -0.2) is 0 Å². The van der Waals surface area contributed by atoms with E-state index in [9.17, 15) is 0 Å². The van der Waals surface area contributed by atoms with Crippen LogP contribution >= 0.6 is 0 Å². The smallest absolute Gasteiger partial charge is 0.0543 e. The summed E-state index contributed by atoms with van der Waals surface area (Å²) in [5.74, 6) is 0. The number of fused-ring (bicyclic) bond motifs is 4. The Kier molecular flexibility index (Phi) is 6.49. The fourth-order valence-corrected chi connectivity index (χ4v) is 7.70. The van der Waals surface area contributed by atoms with Crippen LogP contribution in [0, 0.1) is 0 Å². The van der Waals surface area contributed by atoms with E-state index in [2.05, 4.69) is 158 Å². The summed E-state index contributed by atoms with van der Waals surface area (Å²) in [5, 5.41) is 0. The van der Waals surface area contributed by atoms with E-state index in [-0.39, 0.29) is 5.41 Å². The number of benzene rings is 6. The van der Waals surface area contributed by atoms with Gasteiger partial charge >= 0.3 is 0 Å². The first-order valence-corrected chi connectivity index (χ1v) is 16.0. The third kappa shape index (κ3) is 4.30. The molecule has 0 atom stereocenters. The van der Waals surface area contributed by atoms with Gasteiger partial charge in [-0.25, -0.2) is 0 Å². The summed E-state index contributed by atoms with van der Waals surface area (Å²) in [5.41, 5.74) is 17.3. The van der Waals surface area contributed by atoms with Crippen molar-refractivity contribution in [3.8, 4) is 33.4 Å². The first-order valence-electron chi connectivity index (χ1n) is 16.0. The highest BCUT2D eigenvalue weighted by Crippen LogP contribution is 2.55. The van der Waals surface area contributed by atoms with Crippen molar-refractivity contribution in [2.75, 3.05) is 4.90 Å². The highest BCUT2D eigenvalue weighted by molar-refractivity contribution is 5.99. The number of hydrogen-bond donors (Lipinski definition) is 0. The van der Waals surface area contributed by atoms with E-state index < -0.39 is 0 Å². The Bertz CT molecular complexity index is 1930. The second kappa shape index (κ2) is 10.7. The first-order chi connectivity index (χ1) is 21.6. The molecular formula is C43H37N. The molecule has 0 heterocycles. The molecule has 0 spiro atoms. The normalized spacial score (nSPS) is 14.4. The number of anilines is 3. The maximum atomic E-state index is 2.54. The molecule has 0 aliphatic heterocycles. The Balaban J connectivity index is 1.51. The van der Waals surface area contributed by atoms with Crippen molar-refractivity contribution < 1.29 is 0 Å². The molecule has 214 valence electrons. The topological polar surface area (TPSA) is 3.24 Å². The zero-order valence-corrected chi connectivity index (χ0v) is 25.6. The number of para-hydroxylation sites is 2. The zero-order chi connectivity index (χ0) is 29.7. The van der Waals surface area contributed by atoms with Crippen LogP contribution in [0.15, 0.2) is 140 Å². The van der Waals surface area contributed by atoms with Gasteiger partial charge in [-0.05, 0) is 112 Å². The molecule has 0 unspecified atom stereocenters. The standard InChI is InChI=1S/C43H37N/c1-43(2)39-25-15-14-24-36(39)37-28-38(42-34-23-13-12-18-31(34)26-27-35(42)30-16-6-3-7-17-30)41(29-40(37)43)44(32-19-8-4-9-20-32)33-21-10-5-11-22-33/h3-11,14-17,19-22,24-29H,12-13,18,23H2,1-2H3. The summed E-state index contributed by atoms with van der Waals surface area (Å²) in [6.45, 7) is 4.77. The number of rotatable bonds is 5. The third-order valence-corrected chi connectivity index (χ3v) is 9.86. The van der Waals surface area contributed by atoms with Crippen LogP contribution < -0.4 is 4.90 Å². The molecule has 2 aliphatic carbocycles. The number of nitrogens with zero attached hydrogens (tertiary/aromatic N) is 1. The largest absolute Gasteiger partial charge is 0.310 e. The zero-order valence-electron chi connectivity index (χ0n) is 25.6. The van der Waals surface area contributed by atoms with Crippen LogP contribution in [0.1, 0.15) is 48.9 Å². The molecule has 6 aromatic rings.